The van der Waals surface area contributed by atoms with E-state index in [1.165, 1.54) is 38.4 Å². The molecule has 106 valence electrons. The first-order valence-electron chi connectivity index (χ1n) is 7.24. The van der Waals surface area contributed by atoms with Gasteiger partial charge >= 0.3 is 0 Å². The Morgan fingerprint density at radius 2 is 1.84 bits per heavy atom. The summed E-state index contributed by atoms with van der Waals surface area (Å²) in [4.78, 5) is 13.5. The molecule has 0 atom stereocenters. The molecule has 0 spiro atoms. The summed E-state index contributed by atoms with van der Waals surface area (Å²) in [6, 6.07) is 8.13. The number of nitrogens with one attached hydrogen (secondary N) is 1. The van der Waals surface area contributed by atoms with E-state index in [2.05, 4.69) is 36.2 Å². The number of carbonyl (C=O) groups excluding carboxylic acids is 1. The number of benzene rings is 1. The van der Waals surface area contributed by atoms with Gasteiger partial charge in [0.15, 0.2) is 0 Å². The lowest BCUT2D eigenvalue weighted by molar-refractivity contribution is -0.114. The maximum Gasteiger partial charge on any atom is 0.221 e. The topological polar surface area (TPSA) is 32.3 Å². The van der Waals surface area contributed by atoms with Gasteiger partial charge in [-0.2, -0.15) is 0 Å². The smallest absolute Gasteiger partial charge is 0.221 e. The van der Waals surface area contributed by atoms with E-state index in [0.717, 1.165) is 18.7 Å². The lowest BCUT2D eigenvalue weighted by Crippen LogP contribution is -2.27. The van der Waals surface area contributed by atoms with Crippen LogP contribution in [0.25, 0.3) is 0 Å². The Hall–Kier alpha value is -1.35. The third kappa shape index (κ3) is 6.39. The number of hydrogen-bond donors (Lipinski definition) is 1. The minimum absolute atomic E-state index is 0.0178. The van der Waals surface area contributed by atoms with Crippen molar-refractivity contribution in [2.45, 2.75) is 40.0 Å². The van der Waals surface area contributed by atoms with Gasteiger partial charge in [-0.15, -0.1) is 0 Å². The zero-order valence-corrected chi connectivity index (χ0v) is 12.4. The maximum atomic E-state index is 11.0. The van der Waals surface area contributed by atoms with Crippen molar-refractivity contribution in [3.8, 4) is 0 Å². The molecule has 0 fully saturated rings. The summed E-state index contributed by atoms with van der Waals surface area (Å²) in [5, 5.41) is 2.83. The van der Waals surface area contributed by atoms with Gasteiger partial charge in [0.1, 0.15) is 0 Å². The van der Waals surface area contributed by atoms with Crippen LogP contribution in [0.4, 0.5) is 5.69 Å². The van der Waals surface area contributed by atoms with E-state index in [0.29, 0.717) is 0 Å². The van der Waals surface area contributed by atoms with Gasteiger partial charge in [0.25, 0.3) is 0 Å². The molecule has 19 heavy (non-hydrogen) atoms. The second kappa shape index (κ2) is 8.70. The molecule has 1 N–H and O–H groups in total. The average Bonchev–Trinajstić information content (AvgIpc) is 2.36. The molecule has 0 saturated carbocycles. The lowest BCUT2D eigenvalue weighted by Gasteiger charge is -2.20. The summed E-state index contributed by atoms with van der Waals surface area (Å²) < 4.78 is 0. The van der Waals surface area contributed by atoms with E-state index in [9.17, 15) is 4.79 Å². The van der Waals surface area contributed by atoms with Crippen molar-refractivity contribution >= 4 is 11.6 Å². The highest BCUT2D eigenvalue weighted by atomic mass is 16.1. The fourth-order valence-corrected chi connectivity index (χ4v) is 2.26. The summed E-state index contributed by atoms with van der Waals surface area (Å²) >= 11 is 0. The highest BCUT2D eigenvalue weighted by Crippen LogP contribution is 2.11. The number of carbonyl (C=O) groups is 1. The molecule has 0 aliphatic carbocycles. The van der Waals surface area contributed by atoms with Crippen LogP contribution in [0.5, 0.6) is 0 Å². The molecular weight excluding hydrogens is 236 g/mol. The normalized spacial score (nSPS) is 10.7. The maximum absolute atomic E-state index is 11.0. The van der Waals surface area contributed by atoms with Crippen molar-refractivity contribution in [2.24, 2.45) is 0 Å². The van der Waals surface area contributed by atoms with Crippen molar-refractivity contribution in [3.05, 3.63) is 29.8 Å². The van der Waals surface area contributed by atoms with Crippen molar-refractivity contribution in [1.29, 1.82) is 0 Å². The average molecular weight is 262 g/mol. The first-order valence-corrected chi connectivity index (χ1v) is 7.24. The molecule has 1 rings (SSSR count). The van der Waals surface area contributed by atoms with Crippen LogP contribution in [0.2, 0.25) is 0 Å². The highest BCUT2D eigenvalue weighted by Gasteiger charge is 2.04. The van der Waals surface area contributed by atoms with Crippen molar-refractivity contribution < 1.29 is 4.79 Å². The Bertz CT molecular complexity index is 384. The van der Waals surface area contributed by atoms with Crippen LogP contribution in [-0.4, -0.2) is 30.4 Å². The van der Waals surface area contributed by atoms with Crippen LogP contribution < -0.4 is 5.32 Å². The Morgan fingerprint density at radius 3 is 2.42 bits per heavy atom. The van der Waals surface area contributed by atoms with Crippen molar-refractivity contribution in [2.75, 3.05) is 25.0 Å². The van der Waals surface area contributed by atoms with Gasteiger partial charge < -0.3 is 10.2 Å². The van der Waals surface area contributed by atoms with Gasteiger partial charge in [-0.25, -0.2) is 0 Å². The molecular formula is C16H26N2O. The Kier molecular flexibility index (Phi) is 7.19. The number of anilines is 1. The van der Waals surface area contributed by atoms with Crippen LogP contribution in [0, 0.1) is 0 Å². The predicted molar refractivity (Wildman–Crippen MR) is 81.5 cm³/mol. The molecule has 0 aliphatic rings. The molecule has 3 heteroatoms. The second-order valence-electron chi connectivity index (χ2n) is 4.97. The van der Waals surface area contributed by atoms with Crippen LogP contribution in [0.15, 0.2) is 24.3 Å². The van der Waals surface area contributed by atoms with E-state index in [4.69, 9.17) is 0 Å². The summed E-state index contributed by atoms with van der Waals surface area (Å²) in [6.07, 6.45) is 3.44. The van der Waals surface area contributed by atoms with E-state index in [1.54, 1.807) is 0 Å². The van der Waals surface area contributed by atoms with Gasteiger partial charge in [-0.1, -0.05) is 26.0 Å². The predicted octanol–water partition coefficient (Wildman–Crippen LogP) is 3.31. The van der Waals surface area contributed by atoms with Crippen molar-refractivity contribution in [1.82, 2.24) is 4.90 Å². The van der Waals surface area contributed by atoms with Gasteiger partial charge in [0.05, 0.1) is 0 Å². The monoisotopic (exact) mass is 262 g/mol. The van der Waals surface area contributed by atoms with E-state index in [-0.39, 0.29) is 5.91 Å². The van der Waals surface area contributed by atoms with E-state index < -0.39 is 0 Å². The standard InChI is InChI=1S/C16H26N2O/c1-4-10-18(11-5-2)12-9-15-7-6-8-16(13-15)17-14(3)19/h6-8,13H,4-5,9-12H2,1-3H3,(H,17,19). The van der Waals surface area contributed by atoms with Crippen molar-refractivity contribution in [3.63, 3.8) is 0 Å². The molecule has 0 radical (unpaired) electrons. The van der Waals surface area contributed by atoms with Gasteiger partial charge in [0.2, 0.25) is 5.91 Å². The number of amides is 1. The fraction of sp³-hybridized carbons (Fsp3) is 0.562. The quantitative estimate of drug-likeness (QED) is 0.779. The van der Waals surface area contributed by atoms with Crippen LogP contribution >= 0.6 is 0 Å². The number of rotatable bonds is 8. The van der Waals surface area contributed by atoms with Gasteiger partial charge in [0, 0.05) is 19.2 Å². The molecule has 1 aromatic rings. The van der Waals surface area contributed by atoms with E-state index in [1.807, 2.05) is 12.1 Å². The van der Waals surface area contributed by atoms with Crippen LogP contribution in [-0.2, 0) is 11.2 Å². The molecule has 0 saturated heterocycles. The molecule has 0 heterocycles. The summed E-state index contributed by atoms with van der Waals surface area (Å²) in [5.74, 6) is -0.0178. The first-order chi connectivity index (χ1) is 9.15. The van der Waals surface area contributed by atoms with Crippen LogP contribution in [0.3, 0.4) is 0 Å². The minimum Gasteiger partial charge on any atom is -0.326 e. The fourth-order valence-electron chi connectivity index (χ4n) is 2.26. The first kappa shape index (κ1) is 15.7. The number of nitrogens with zero attached hydrogens (tertiary/aromatic N) is 1. The molecule has 0 bridgehead atoms. The molecule has 1 amide bonds. The molecule has 3 nitrogen and oxygen atoms in total. The second-order valence-corrected chi connectivity index (χ2v) is 4.97. The number of hydrogen-bond acceptors (Lipinski definition) is 2. The third-order valence-corrected chi connectivity index (χ3v) is 3.04. The van der Waals surface area contributed by atoms with Gasteiger partial charge in [-0.3, -0.25) is 4.79 Å². The summed E-state index contributed by atoms with van der Waals surface area (Å²) in [7, 11) is 0. The SMILES string of the molecule is CCCN(CCC)CCc1cccc(NC(C)=O)c1. The molecule has 0 aliphatic heterocycles. The Morgan fingerprint density at radius 1 is 1.16 bits per heavy atom. The summed E-state index contributed by atoms with van der Waals surface area (Å²) in [6.45, 7) is 9.40. The highest BCUT2D eigenvalue weighted by molar-refractivity contribution is 5.88. The third-order valence-electron chi connectivity index (χ3n) is 3.04. The zero-order chi connectivity index (χ0) is 14.1. The lowest BCUT2D eigenvalue weighted by atomic mass is 10.1. The summed E-state index contributed by atoms with van der Waals surface area (Å²) in [5.41, 5.74) is 2.17. The Labute approximate surface area is 117 Å². The van der Waals surface area contributed by atoms with Gasteiger partial charge in [-0.05, 0) is 50.0 Å². The zero-order valence-electron chi connectivity index (χ0n) is 12.4. The largest absolute Gasteiger partial charge is 0.326 e. The minimum atomic E-state index is -0.0178. The molecule has 0 unspecified atom stereocenters. The molecule has 1 aromatic carbocycles. The Balaban J connectivity index is 2.53. The molecule has 0 aromatic heterocycles. The van der Waals surface area contributed by atoms with E-state index >= 15 is 0 Å². The van der Waals surface area contributed by atoms with Crippen LogP contribution in [0.1, 0.15) is 39.2 Å².